The lowest BCUT2D eigenvalue weighted by Gasteiger charge is -2.42. The Bertz CT molecular complexity index is 1620. The quantitative estimate of drug-likeness (QED) is 0.345. The second-order valence-electron chi connectivity index (χ2n) is 10.3. The van der Waals surface area contributed by atoms with E-state index in [9.17, 15) is 19.5 Å². The van der Waals surface area contributed by atoms with Gasteiger partial charge in [0.2, 0.25) is 5.43 Å². The number of piperazine rings is 1. The lowest BCUT2D eigenvalue weighted by Crippen LogP contribution is -2.50. The number of carboxylic acids is 1. The van der Waals surface area contributed by atoms with Crippen molar-refractivity contribution in [2.75, 3.05) is 31.1 Å². The molecule has 2 fully saturated rings. The van der Waals surface area contributed by atoms with E-state index in [1.54, 1.807) is 6.07 Å². The van der Waals surface area contributed by atoms with Crippen molar-refractivity contribution in [1.82, 2.24) is 9.47 Å². The largest absolute Gasteiger partial charge is 0.477 e. The summed E-state index contributed by atoms with van der Waals surface area (Å²) in [7, 11) is 0. The average molecular weight is 526 g/mol. The van der Waals surface area contributed by atoms with Gasteiger partial charge in [-0.25, -0.2) is 9.18 Å². The Balaban J connectivity index is 1.36. The number of ketones is 1. The highest BCUT2D eigenvalue weighted by Crippen LogP contribution is 2.39. The van der Waals surface area contributed by atoms with Crippen LogP contribution in [0.2, 0.25) is 0 Å². The third-order valence-electron chi connectivity index (χ3n) is 7.73. The molecule has 39 heavy (non-hydrogen) atoms. The monoisotopic (exact) mass is 525 g/mol. The Labute approximate surface area is 224 Å². The van der Waals surface area contributed by atoms with Crippen LogP contribution in [-0.4, -0.2) is 52.5 Å². The molecule has 0 bridgehead atoms. The summed E-state index contributed by atoms with van der Waals surface area (Å²) in [5, 5.41) is 9.61. The standard InChI is InChI=1S/C31H28FN3O4/c32-25-15-23-26(35(22-11-12-22)17-24(30(23)37)31(38)39)16-27(25)33-13-14-34(19-29(36)21-9-5-2-6-10-21)28(18-33)20-7-3-1-4-8-20/h1-10,15-17,22,28H,11-14,18-19H2,(H,38,39). The third-order valence-corrected chi connectivity index (χ3v) is 7.73. The number of rotatable bonds is 7. The number of carbonyl (C=O) groups excluding carboxylic acids is 1. The van der Waals surface area contributed by atoms with Crippen LogP contribution in [0, 0.1) is 5.82 Å². The van der Waals surface area contributed by atoms with Gasteiger partial charge in [-0.1, -0.05) is 60.7 Å². The van der Waals surface area contributed by atoms with Gasteiger partial charge in [-0.05, 0) is 30.5 Å². The summed E-state index contributed by atoms with van der Waals surface area (Å²) in [4.78, 5) is 41.7. The molecule has 1 aromatic heterocycles. The van der Waals surface area contributed by atoms with E-state index in [4.69, 9.17) is 0 Å². The first-order valence-corrected chi connectivity index (χ1v) is 13.1. The molecule has 8 heteroatoms. The van der Waals surface area contributed by atoms with Gasteiger partial charge < -0.3 is 14.6 Å². The van der Waals surface area contributed by atoms with E-state index >= 15 is 4.39 Å². The van der Waals surface area contributed by atoms with Crippen LogP contribution in [-0.2, 0) is 0 Å². The summed E-state index contributed by atoms with van der Waals surface area (Å²) in [6.07, 6.45) is 3.16. The van der Waals surface area contributed by atoms with Gasteiger partial charge in [0.25, 0.3) is 0 Å². The van der Waals surface area contributed by atoms with Gasteiger partial charge in [0, 0.05) is 42.8 Å². The summed E-state index contributed by atoms with van der Waals surface area (Å²) >= 11 is 0. The van der Waals surface area contributed by atoms with Gasteiger partial charge in [-0.15, -0.1) is 0 Å². The number of halogens is 1. The maximum absolute atomic E-state index is 15.6. The summed E-state index contributed by atoms with van der Waals surface area (Å²) in [5.74, 6) is -1.85. The number of aromatic nitrogens is 1. The summed E-state index contributed by atoms with van der Waals surface area (Å²) in [6, 6.07) is 21.9. The molecule has 1 unspecified atom stereocenters. The maximum Gasteiger partial charge on any atom is 0.341 e. The summed E-state index contributed by atoms with van der Waals surface area (Å²) in [6.45, 7) is 1.74. The zero-order chi connectivity index (χ0) is 27.1. The van der Waals surface area contributed by atoms with Crippen molar-refractivity contribution in [1.29, 1.82) is 0 Å². The molecule has 0 radical (unpaired) electrons. The first-order chi connectivity index (χ1) is 18.9. The molecule has 1 N–H and O–H groups in total. The first-order valence-electron chi connectivity index (χ1n) is 13.1. The van der Waals surface area contributed by atoms with Crippen LogP contribution in [0.3, 0.4) is 0 Å². The number of nitrogens with zero attached hydrogens (tertiary/aromatic N) is 3. The molecular formula is C31H28FN3O4. The molecule has 4 aromatic rings. The van der Waals surface area contributed by atoms with Crippen LogP contribution in [0.1, 0.15) is 51.2 Å². The number of carbonyl (C=O) groups is 2. The number of carboxylic acid groups (broad SMARTS) is 1. The van der Waals surface area contributed by atoms with Gasteiger partial charge in [0.05, 0.1) is 23.8 Å². The molecule has 1 saturated heterocycles. The normalized spacial score (nSPS) is 17.9. The Morgan fingerprint density at radius 3 is 2.31 bits per heavy atom. The Hall–Kier alpha value is -4.30. The van der Waals surface area contributed by atoms with Gasteiger partial charge in [0.1, 0.15) is 11.4 Å². The zero-order valence-corrected chi connectivity index (χ0v) is 21.3. The van der Waals surface area contributed by atoms with E-state index in [1.807, 2.05) is 70.1 Å². The fourth-order valence-corrected chi connectivity index (χ4v) is 5.53. The molecule has 6 rings (SSSR count). The number of hydrogen-bond donors (Lipinski definition) is 1. The number of benzene rings is 3. The number of fused-ring (bicyclic) bond motifs is 1. The highest BCUT2D eigenvalue weighted by molar-refractivity contribution is 5.97. The molecule has 1 aliphatic heterocycles. The fraction of sp³-hybridized carbons (Fsp3) is 0.258. The predicted octanol–water partition coefficient (Wildman–Crippen LogP) is 4.92. The molecule has 198 valence electrons. The molecule has 2 heterocycles. The predicted molar refractivity (Wildman–Crippen MR) is 147 cm³/mol. The highest BCUT2D eigenvalue weighted by atomic mass is 19.1. The smallest absolute Gasteiger partial charge is 0.341 e. The minimum atomic E-state index is -1.31. The molecule has 0 spiro atoms. The lowest BCUT2D eigenvalue weighted by molar-refractivity contribution is 0.0694. The lowest BCUT2D eigenvalue weighted by atomic mass is 10.00. The van der Waals surface area contributed by atoms with Crippen LogP contribution in [0.5, 0.6) is 0 Å². The molecular weight excluding hydrogens is 497 g/mol. The average Bonchev–Trinajstić information content (AvgIpc) is 3.80. The van der Waals surface area contributed by atoms with Crippen LogP contribution >= 0.6 is 0 Å². The van der Waals surface area contributed by atoms with Crippen molar-refractivity contribution in [3.63, 3.8) is 0 Å². The number of anilines is 1. The van der Waals surface area contributed by atoms with Crippen molar-refractivity contribution in [3.05, 3.63) is 112 Å². The topological polar surface area (TPSA) is 82.8 Å². The van der Waals surface area contributed by atoms with Crippen LogP contribution in [0.4, 0.5) is 10.1 Å². The van der Waals surface area contributed by atoms with E-state index in [0.29, 0.717) is 36.4 Å². The van der Waals surface area contributed by atoms with Crippen molar-refractivity contribution in [2.45, 2.75) is 24.9 Å². The third kappa shape index (κ3) is 4.83. The van der Waals surface area contributed by atoms with E-state index in [1.165, 1.54) is 12.3 Å². The number of pyridine rings is 1. The van der Waals surface area contributed by atoms with Crippen molar-refractivity contribution < 1.29 is 19.1 Å². The van der Waals surface area contributed by atoms with Gasteiger partial charge in [-0.2, -0.15) is 0 Å². The maximum atomic E-state index is 15.6. The number of Topliss-reactive ketones (excluding diaryl/α,β-unsaturated/α-hetero) is 1. The van der Waals surface area contributed by atoms with Gasteiger partial charge in [-0.3, -0.25) is 14.5 Å². The molecule has 1 saturated carbocycles. The number of aromatic carboxylic acids is 1. The first kappa shape index (κ1) is 25.0. The molecule has 0 amide bonds. The highest BCUT2D eigenvalue weighted by Gasteiger charge is 2.32. The van der Waals surface area contributed by atoms with Crippen LogP contribution < -0.4 is 10.3 Å². The van der Waals surface area contributed by atoms with Crippen molar-refractivity contribution in [2.24, 2.45) is 0 Å². The van der Waals surface area contributed by atoms with E-state index in [2.05, 4.69) is 4.90 Å². The molecule has 2 aliphatic rings. The summed E-state index contributed by atoms with van der Waals surface area (Å²) < 4.78 is 17.4. The van der Waals surface area contributed by atoms with E-state index in [-0.39, 0.29) is 35.4 Å². The molecule has 1 atom stereocenters. The minimum absolute atomic E-state index is 0.0320. The van der Waals surface area contributed by atoms with Crippen LogP contribution in [0.15, 0.2) is 83.8 Å². The van der Waals surface area contributed by atoms with Crippen LogP contribution in [0.25, 0.3) is 10.9 Å². The minimum Gasteiger partial charge on any atom is -0.477 e. The van der Waals surface area contributed by atoms with Crippen molar-refractivity contribution in [3.8, 4) is 0 Å². The number of hydrogen-bond acceptors (Lipinski definition) is 5. The van der Waals surface area contributed by atoms with Gasteiger partial charge >= 0.3 is 5.97 Å². The zero-order valence-electron chi connectivity index (χ0n) is 21.3. The Morgan fingerprint density at radius 2 is 1.64 bits per heavy atom. The Kier molecular flexibility index (Phi) is 6.48. The summed E-state index contributed by atoms with van der Waals surface area (Å²) in [5.41, 5.74) is 1.58. The fourth-order valence-electron chi connectivity index (χ4n) is 5.53. The molecule has 1 aliphatic carbocycles. The Morgan fingerprint density at radius 1 is 0.949 bits per heavy atom. The van der Waals surface area contributed by atoms with E-state index in [0.717, 1.165) is 18.4 Å². The van der Waals surface area contributed by atoms with Gasteiger partial charge in [0.15, 0.2) is 5.78 Å². The van der Waals surface area contributed by atoms with E-state index < -0.39 is 17.2 Å². The second kappa shape index (κ2) is 10.1. The molecule has 3 aromatic carbocycles. The van der Waals surface area contributed by atoms with Crippen molar-refractivity contribution >= 4 is 28.3 Å². The second-order valence-corrected chi connectivity index (χ2v) is 10.3. The molecule has 7 nitrogen and oxygen atoms in total. The SMILES string of the molecule is O=C(CN1CCN(c2cc3c(cc2F)c(=O)c(C(=O)O)cn3C2CC2)CC1c1ccccc1)c1ccccc1.